The highest BCUT2D eigenvalue weighted by Gasteiger charge is 2.27. The fourth-order valence-corrected chi connectivity index (χ4v) is 9.76. The molecule has 370 valence electrons. The van der Waals surface area contributed by atoms with E-state index < -0.39 is 0 Å². The molecule has 0 spiro atoms. The van der Waals surface area contributed by atoms with Crippen LogP contribution in [0.4, 0.5) is 0 Å². The molecule has 7 aromatic rings. The fraction of sp³-hybridized carbons (Fsp3) is 0.358. The maximum Gasteiger partial charge on any atom is 0.0737 e. The monoisotopic (exact) mass is 952 g/mol. The predicted molar refractivity (Wildman–Crippen MR) is 311 cm³/mol. The van der Waals surface area contributed by atoms with Gasteiger partial charge in [-0.3, -0.25) is 4.98 Å². The van der Waals surface area contributed by atoms with E-state index in [1.807, 2.05) is 12.3 Å². The van der Waals surface area contributed by atoms with Crippen LogP contribution < -0.4 is 0 Å². The number of benzene rings is 3. The molecule has 0 fully saturated rings. The summed E-state index contributed by atoms with van der Waals surface area (Å²) in [4.78, 5) is 24.3. The normalized spacial score (nSPS) is 13.6. The van der Waals surface area contributed by atoms with Gasteiger partial charge in [0.15, 0.2) is 0 Å². The Balaban J connectivity index is 1.52. The van der Waals surface area contributed by atoms with Crippen molar-refractivity contribution in [1.82, 2.24) is 24.9 Å². The van der Waals surface area contributed by atoms with Gasteiger partial charge in [-0.2, -0.15) is 0 Å². The van der Waals surface area contributed by atoms with Crippen LogP contribution in [0.15, 0.2) is 103 Å². The lowest BCUT2D eigenvalue weighted by Crippen LogP contribution is -2.16. The van der Waals surface area contributed by atoms with E-state index in [1.54, 1.807) is 0 Å². The number of nitrogens with zero attached hydrogens (tertiary/aromatic N) is 3. The summed E-state index contributed by atoms with van der Waals surface area (Å²) in [5.74, 6) is 0. The maximum atomic E-state index is 5.80. The number of fused-ring (bicyclic) bond motifs is 8. The van der Waals surface area contributed by atoms with Gasteiger partial charge in [0, 0.05) is 45.0 Å². The summed E-state index contributed by atoms with van der Waals surface area (Å²) in [6, 6.07) is 36.6. The third kappa shape index (κ3) is 10.1. The molecule has 5 heteroatoms. The highest BCUT2D eigenvalue weighted by atomic mass is 14.8. The molecule has 8 bridgehead atoms. The van der Waals surface area contributed by atoms with Crippen LogP contribution >= 0.6 is 0 Å². The van der Waals surface area contributed by atoms with Gasteiger partial charge >= 0.3 is 0 Å². The summed E-state index contributed by atoms with van der Waals surface area (Å²) in [5, 5.41) is 0. The molecule has 2 aliphatic rings. The molecule has 2 aliphatic heterocycles. The summed E-state index contributed by atoms with van der Waals surface area (Å²) in [6.45, 7) is 41.5. The van der Waals surface area contributed by atoms with E-state index >= 15 is 0 Å². The summed E-state index contributed by atoms with van der Waals surface area (Å²) in [6.07, 6.45) is 10.7. The number of rotatable bonds is 4. The van der Waals surface area contributed by atoms with E-state index in [0.29, 0.717) is 0 Å². The summed E-state index contributed by atoms with van der Waals surface area (Å²) >= 11 is 0. The Morgan fingerprint density at radius 1 is 0.333 bits per heavy atom. The highest BCUT2D eigenvalue weighted by Crippen LogP contribution is 2.43. The van der Waals surface area contributed by atoms with Crippen molar-refractivity contribution in [3.05, 3.63) is 159 Å². The minimum Gasteiger partial charge on any atom is -0.354 e. The molecule has 5 nitrogen and oxygen atoms in total. The standard InChI is InChI=1S/C67H77N5/c1-62(2,3)43-29-40(30-44(35-43)63(4,5)6)59-52-23-22-49(69-52)38-57-50(51-21-19-20-28-68-51)39-58(72-57)61(42-33-47(66(13,14)15)37-48(34-42)67(16,17)18)56-27-26-55(71-56)60(54-25-24-53(59)70-54)41-31-45(64(7,8)9)36-46(32-41)65(10,11)12/h19-39,70,72H,1-18H3. The van der Waals surface area contributed by atoms with Crippen LogP contribution in [0.1, 0.15) is 181 Å². The molecule has 3 aromatic carbocycles. The van der Waals surface area contributed by atoms with Crippen LogP contribution in [0, 0.1) is 0 Å². The van der Waals surface area contributed by atoms with Crippen LogP contribution in [0.2, 0.25) is 0 Å². The van der Waals surface area contributed by atoms with Gasteiger partial charge in [0.25, 0.3) is 0 Å². The molecular formula is C67H77N5. The van der Waals surface area contributed by atoms with Gasteiger partial charge < -0.3 is 9.97 Å². The van der Waals surface area contributed by atoms with Crippen molar-refractivity contribution >= 4 is 46.4 Å². The first-order valence-corrected chi connectivity index (χ1v) is 26.0. The maximum absolute atomic E-state index is 5.80. The van der Waals surface area contributed by atoms with E-state index in [9.17, 15) is 0 Å². The van der Waals surface area contributed by atoms with Crippen LogP contribution in [0.3, 0.4) is 0 Å². The molecule has 0 saturated carbocycles. The van der Waals surface area contributed by atoms with Crippen LogP contribution in [-0.4, -0.2) is 24.9 Å². The quantitative estimate of drug-likeness (QED) is 0.185. The minimum absolute atomic E-state index is 0.0788. The molecule has 0 radical (unpaired) electrons. The first-order chi connectivity index (χ1) is 33.4. The molecule has 0 amide bonds. The third-order valence-electron chi connectivity index (χ3n) is 14.5. The number of H-pyrrole nitrogens is 2. The lowest BCUT2D eigenvalue weighted by atomic mass is 9.78. The van der Waals surface area contributed by atoms with Gasteiger partial charge in [0.1, 0.15) is 0 Å². The number of hydrogen-bond acceptors (Lipinski definition) is 3. The number of nitrogens with one attached hydrogen (secondary N) is 2. The van der Waals surface area contributed by atoms with E-state index in [4.69, 9.17) is 15.0 Å². The van der Waals surface area contributed by atoms with E-state index in [1.165, 1.54) is 33.4 Å². The average Bonchev–Trinajstić information content (AvgIpc) is 4.12. The van der Waals surface area contributed by atoms with Gasteiger partial charge in [0.2, 0.25) is 0 Å². The average molecular weight is 952 g/mol. The first kappa shape index (κ1) is 50.4. The fourth-order valence-electron chi connectivity index (χ4n) is 9.76. The smallest absolute Gasteiger partial charge is 0.0737 e. The zero-order valence-electron chi connectivity index (χ0n) is 46.5. The minimum atomic E-state index is -0.0954. The molecule has 2 N–H and O–H groups in total. The Kier molecular flexibility index (Phi) is 12.3. The first-order valence-electron chi connectivity index (χ1n) is 26.0. The van der Waals surface area contributed by atoms with Gasteiger partial charge in [-0.15, -0.1) is 0 Å². The van der Waals surface area contributed by atoms with E-state index in [0.717, 1.165) is 89.5 Å². The molecule has 4 aromatic heterocycles. The van der Waals surface area contributed by atoms with Crippen LogP contribution in [-0.2, 0) is 32.5 Å². The third-order valence-corrected chi connectivity index (χ3v) is 14.5. The number of aromatic amines is 2. The molecule has 0 unspecified atom stereocenters. The van der Waals surface area contributed by atoms with E-state index in [2.05, 4.69) is 250 Å². The molecule has 0 aliphatic carbocycles. The Morgan fingerprint density at radius 2 is 0.694 bits per heavy atom. The van der Waals surface area contributed by atoms with Crippen molar-refractivity contribution in [2.75, 3.05) is 0 Å². The van der Waals surface area contributed by atoms with Crippen molar-refractivity contribution in [1.29, 1.82) is 0 Å². The van der Waals surface area contributed by atoms with Crippen molar-refractivity contribution < 1.29 is 0 Å². The lowest BCUT2D eigenvalue weighted by Gasteiger charge is -2.26. The van der Waals surface area contributed by atoms with Crippen LogP contribution in [0.25, 0.3) is 91.0 Å². The molecule has 9 rings (SSSR count). The highest BCUT2D eigenvalue weighted by molar-refractivity contribution is 5.99. The van der Waals surface area contributed by atoms with Gasteiger partial charge in [-0.05, 0) is 143 Å². The zero-order chi connectivity index (χ0) is 52.1. The Labute approximate surface area is 430 Å². The molecule has 6 heterocycles. The van der Waals surface area contributed by atoms with Gasteiger partial charge in [0.05, 0.1) is 34.0 Å². The summed E-state index contributed by atoms with van der Waals surface area (Å²) < 4.78 is 0. The Morgan fingerprint density at radius 3 is 1.07 bits per heavy atom. The largest absolute Gasteiger partial charge is 0.354 e. The zero-order valence-corrected chi connectivity index (χ0v) is 46.5. The number of aromatic nitrogens is 5. The second-order valence-corrected chi connectivity index (χ2v) is 26.6. The summed E-state index contributed by atoms with van der Waals surface area (Å²) in [7, 11) is 0. The second-order valence-electron chi connectivity index (χ2n) is 26.6. The topological polar surface area (TPSA) is 70.2 Å². The second kappa shape index (κ2) is 17.6. The van der Waals surface area contributed by atoms with Gasteiger partial charge in [-0.1, -0.05) is 185 Å². The molecule has 0 atom stereocenters. The summed E-state index contributed by atoms with van der Waals surface area (Å²) in [5.41, 5.74) is 23.0. The Hall–Kier alpha value is -6.59. The van der Waals surface area contributed by atoms with E-state index in [-0.39, 0.29) is 32.5 Å². The Bertz CT molecular complexity index is 3390. The van der Waals surface area contributed by atoms with Crippen molar-refractivity contribution in [2.24, 2.45) is 0 Å². The molecule has 72 heavy (non-hydrogen) atoms. The van der Waals surface area contributed by atoms with Gasteiger partial charge in [-0.25, -0.2) is 9.97 Å². The van der Waals surface area contributed by atoms with Crippen molar-refractivity contribution in [3.63, 3.8) is 0 Å². The molecule has 0 saturated heterocycles. The molecular weight excluding hydrogens is 875 g/mol. The van der Waals surface area contributed by atoms with Crippen molar-refractivity contribution in [2.45, 2.75) is 157 Å². The number of hydrogen-bond donors (Lipinski definition) is 2. The van der Waals surface area contributed by atoms with Crippen LogP contribution in [0.5, 0.6) is 0 Å². The number of pyridine rings is 1. The predicted octanol–water partition coefficient (Wildman–Crippen LogP) is 18.5. The SMILES string of the molecule is CC(C)(C)c1cc(-c2c3nc(c(-c4cc(C(C)(C)C)cc(C(C)(C)C)c4)c4ccc([nH]4)c(-c4cc(C(C)(C)C)cc(C(C)(C)C)c4)c4nc(cc5[nH]c2cc5-c2ccccn2)C=C4)C=C3)cc(C(C)(C)C)c1. The van der Waals surface area contributed by atoms with Crippen molar-refractivity contribution in [3.8, 4) is 44.6 Å². The lowest BCUT2D eigenvalue weighted by molar-refractivity contribution is 0.568.